The maximum absolute atomic E-state index is 11.3. The summed E-state index contributed by atoms with van der Waals surface area (Å²) in [6.45, 7) is 29.0. The number of Topliss-reactive ketones (excluding diaryl/α,β-unsaturated/α-hetero) is 1. The van der Waals surface area contributed by atoms with Crippen LogP contribution in [-0.4, -0.2) is 172 Å². The molecule has 0 saturated heterocycles. The SMILES string of the molecule is C=CCOCC.CC.CC(CN)COCC(C)OCCN.CC(CO)OCCO.CNCCOC(C)COCC(C)CNC(=O)CC(C)=O.COC(=O)CCOC=O. The molecule has 0 aliphatic rings. The van der Waals surface area contributed by atoms with Crippen LogP contribution in [0.1, 0.15) is 75.2 Å². The van der Waals surface area contributed by atoms with Crippen LogP contribution in [0.25, 0.3) is 0 Å². The van der Waals surface area contributed by atoms with Gasteiger partial charge < -0.3 is 70.2 Å². The average Bonchev–Trinajstić information content (AvgIpc) is 3.21. The van der Waals surface area contributed by atoms with E-state index >= 15 is 0 Å². The van der Waals surface area contributed by atoms with E-state index in [0.717, 1.165) is 13.2 Å². The molecule has 350 valence electrons. The highest BCUT2D eigenvalue weighted by Crippen LogP contribution is 1.98. The maximum Gasteiger partial charge on any atom is 0.308 e. The van der Waals surface area contributed by atoms with Crippen molar-refractivity contribution in [1.82, 2.24) is 10.6 Å². The third kappa shape index (κ3) is 71.1. The van der Waals surface area contributed by atoms with Crippen molar-refractivity contribution in [2.24, 2.45) is 23.3 Å². The molecule has 0 heterocycles. The smallest absolute Gasteiger partial charge is 0.308 e. The number of aliphatic hydroxyl groups excluding tert-OH is 2. The fourth-order valence-electron chi connectivity index (χ4n) is 3.10. The molecule has 0 bridgehead atoms. The van der Waals surface area contributed by atoms with E-state index in [9.17, 15) is 19.2 Å². The summed E-state index contributed by atoms with van der Waals surface area (Å²) in [4.78, 5) is 41.8. The normalized spacial score (nSPS) is 12.4. The number of likely N-dealkylation sites (N-methyl/N-ethyl adjacent to an activating group) is 1. The highest BCUT2D eigenvalue weighted by molar-refractivity contribution is 5.96. The van der Waals surface area contributed by atoms with E-state index in [2.05, 4.69) is 33.6 Å². The third-order valence-electron chi connectivity index (χ3n) is 6.15. The first-order valence-electron chi connectivity index (χ1n) is 20.0. The molecule has 0 rings (SSSR count). The van der Waals surface area contributed by atoms with E-state index in [1.54, 1.807) is 13.0 Å². The van der Waals surface area contributed by atoms with Crippen molar-refractivity contribution in [3.63, 3.8) is 0 Å². The summed E-state index contributed by atoms with van der Waals surface area (Å²) < 4.78 is 40.0. The Hall–Kier alpha value is -2.62. The van der Waals surface area contributed by atoms with Crippen molar-refractivity contribution in [2.45, 2.75) is 93.5 Å². The van der Waals surface area contributed by atoms with Crippen LogP contribution in [-0.2, 0) is 57.1 Å². The molecule has 8 N–H and O–H groups in total. The van der Waals surface area contributed by atoms with Crippen molar-refractivity contribution in [1.29, 1.82) is 0 Å². The number of carbonyl (C=O) groups is 4. The third-order valence-corrected chi connectivity index (χ3v) is 6.15. The fourth-order valence-corrected chi connectivity index (χ4v) is 3.10. The van der Waals surface area contributed by atoms with Crippen molar-refractivity contribution in [3.8, 4) is 0 Å². The number of methoxy groups -OCH3 is 1. The number of carbonyl (C=O) groups excluding carboxylic acids is 4. The van der Waals surface area contributed by atoms with E-state index < -0.39 is 0 Å². The lowest BCUT2D eigenvalue weighted by molar-refractivity contribution is -0.143. The molecule has 0 aromatic rings. The molecule has 0 radical (unpaired) electrons. The first-order valence-corrected chi connectivity index (χ1v) is 20.0. The molecule has 18 nitrogen and oxygen atoms in total. The number of nitrogens with one attached hydrogen (secondary N) is 2. The number of rotatable bonds is 31. The molecule has 58 heavy (non-hydrogen) atoms. The largest absolute Gasteiger partial charge is 0.469 e. The van der Waals surface area contributed by atoms with Crippen molar-refractivity contribution >= 4 is 24.1 Å². The van der Waals surface area contributed by atoms with Gasteiger partial charge in [0.25, 0.3) is 6.47 Å². The monoisotopic (exact) mass is 847 g/mol. The highest BCUT2D eigenvalue weighted by Gasteiger charge is 2.09. The molecule has 0 aromatic carbocycles. The Morgan fingerprint density at radius 3 is 1.78 bits per heavy atom. The number of hydrogen-bond acceptors (Lipinski definition) is 17. The molecule has 0 aliphatic carbocycles. The van der Waals surface area contributed by atoms with Crippen LogP contribution in [0.15, 0.2) is 12.7 Å². The Morgan fingerprint density at radius 1 is 0.810 bits per heavy atom. The number of amides is 1. The summed E-state index contributed by atoms with van der Waals surface area (Å²) in [5.74, 6) is -0.110. The van der Waals surface area contributed by atoms with Gasteiger partial charge in [0, 0.05) is 26.2 Å². The second-order valence-corrected chi connectivity index (χ2v) is 12.3. The molecule has 0 fully saturated rings. The molecule has 0 aliphatic heterocycles. The Balaban J connectivity index is -0.000000154. The quantitative estimate of drug-likeness (QED) is 0.0191. The van der Waals surface area contributed by atoms with Gasteiger partial charge in [-0.1, -0.05) is 33.8 Å². The zero-order chi connectivity index (χ0) is 45.8. The number of aliphatic hydroxyl groups is 2. The summed E-state index contributed by atoms with van der Waals surface area (Å²) in [6.07, 6.45) is 1.83. The highest BCUT2D eigenvalue weighted by atomic mass is 16.5. The topological polar surface area (TPSA) is 259 Å². The van der Waals surface area contributed by atoms with Gasteiger partial charge in [-0.2, -0.15) is 0 Å². The van der Waals surface area contributed by atoms with Crippen LogP contribution < -0.4 is 22.1 Å². The molecule has 0 spiro atoms. The van der Waals surface area contributed by atoms with Crippen LogP contribution in [0, 0.1) is 11.8 Å². The van der Waals surface area contributed by atoms with Gasteiger partial charge in [-0.05, 0) is 60.0 Å². The van der Waals surface area contributed by atoms with E-state index in [1.165, 1.54) is 14.0 Å². The van der Waals surface area contributed by atoms with Crippen LogP contribution >= 0.6 is 0 Å². The molecule has 18 heteroatoms. The molecular weight excluding hydrogens is 760 g/mol. The van der Waals surface area contributed by atoms with E-state index in [1.807, 2.05) is 48.6 Å². The predicted octanol–water partition coefficient (Wildman–Crippen LogP) is 1.65. The lowest BCUT2D eigenvalue weighted by Gasteiger charge is -2.16. The Labute approximate surface area is 350 Å². The zero-order valence-electron chi connectivity index (χ0n) is 37.9. The van der Waals surface area contributed by atoms with E-state index in [4.69, 9.17) is 50.1 Å². The number of nitrogens with two attached hydrogens (primary N) is 2. The summed E-state index contributed by atoms with van der Waals surface area (Å²) >= 11 is 0. The van der Waals surface area contributed by atoms with Crippen LogP contribution in [0.3, 0.4) is 0 Å². The van der Waals surface area contributed by atoms with Gasteiger partial charge in [0.2, 0.25) is 5.91 Å². The Kier molecular flexibility index (Phi) is 68.0. The first-order chi connectivity index (χ1) is 27.7. The van der Waals surface area contributed by atoms with Gasteiger partial charge in [-0.25, -0.2) is 0 Å². The van der Waals surface area contributed by atoms with E-state index in [0.29, 0.717) is 84.9 Å². The van der Waals surface area contributed by atoms with Gasteiger partial charge in [0.05, 0.1) is 104 Å². The van der Waals surface area contributed by atoms with Crippen LogP contribution in [0.4, 0.5) is 0 Å². The molecule has 1 amide bonds. The first kappa shape index (κ1) is 67.2. The van der Waals surface area contributed by atoms with Crippen molar-refractivity contribution in [3.05, 3.63) is 12.7 Å². The van der Waals surface area contributed by atoms with Crippen LogP contribution in [0.2, 0.25) is 0 Å². The molecule has 0 saturated carbocycles. The summed E-state index contributed by atoms with van der Waals surface area (Å²) in [6, 6.07) is 0. The second-order valence-electron chi connectivity index (χ2n) is 12.3. The number of hydrogen-bond donors (Lipinski definition) is 6. The van der Waals surface area contributed by atoms with Gasteiger partial charge in [-0.3, -0.25) is 19.2 Å². The average molecular weight is 847 g/mol. The van der Waals surface area contributed by atoms with Crippen molar-refractivity contribution in [2.75, 3.05) is 120 Å². The van der Waals surface area contributed by atoms with Gasteiger partial charge in [-0.15, -0.1) is 6.58 Å². The Bertz CT molecular complexity index is 862. The molecule has 0 aromatic heterocycles. The summed E-state index contributed by atoms with van der Waals surface area (Å²) in [5, 5.41) is 22.3. The molecule has 5 atom stereocenters. The Morgan fingerprint density at radius 2 is 1.36 bits per heavy atom. The van der Waals surface area contributed by atoms with Crippen LogP contribution in [0.5, 0.6) is 0 Å². The number of ether oxygens (including phenoxy) is 8. The molecular formula is C40H86N4O14. The van der Waals surface area contributed by atoms with Crippen molar-refractivity contribution < 1.29 is 67.3 Å². The minimum Gasteiger partial charge on any atom is -0.469 e. The lowest BCUT2D eigenvalue weighted by atomic mass is 10.2. The number of ketones is 1. The van der Waals surface area contributed by atoms with Gasteiger partial charge in [0.1, 0.15) is 12.4 Å². The maximum atomic E-state index is 11.3. The van der Waals surface area contributed by atoms with Gasteiger partial charge in [0.15, 0.2) is 0 Å². The van der Waals surface area contributed by atoms with E-state index in [-0.39, 0.29) is 74.6 Å². The minimum atomic E-state index is -0.378. The summed E-state index contributed by atoms with van der Waals surface area (Å²) in [5.41, 5.74) is 10.7. The lowest BCUT2D eigenvalue weighted by Crippen LogP contribution is -2.31. The zero-order valence-corrected chi connectivity index (χ0v) is 37.9. The second kappa shape index (κ2) is 58.7. The molecule has 5 unspecified atom stereocenters. The van der Waals surface area contributed by atoms with Gasteiger partial charge >= 0.3 is 5.97 Å². The fraction of sp³-hybridized carbons (Fsp3) is 0.850. The predicted molar refractivity (Wildman–Crippen MR) is 227 cm³/mol. The summed E-state index contributed by atoms with van der Waals surface area (Å²) in [7, 11) is 3.16. The standard InChI is InChI=1S/C14H28N2O4.C9H22N2O2.C5H8O4.C5H12O3.C5H10O.C2H6/c1-11(8-16-14(18)7-12(2)17)9-19-10-13(3)20-6-5-15-4;1-8(5-11)6-12-7-9(2)13-4-3-10;1-8-5(7)2-3-9-4-6;1-5(4-7)8-3-2-6;1-3-5-6-4-2;1-2/h11,13,15H,5-10H2,1-4H3,(H,16,18);8-9H,3-7,10-11H2,1-2H3;4H,2-3H2,1H3;5-7H,2-4H2,1H3;3H,1,4-5H2,2H3;1-2H3. The minimum absolute atomic E-state index is 0.0139. The number of esters is 1.